The van der Waals surface area contributed by atoms with Gasteiger partial charge in [0.2, 0.25) is 0 Å². The van der Waals surface area contributed by atoms with Gasteiger partial charge in [0.1, 0.15) is 18.3 Å². The number of benzene rings is 3. The molecule has 0 unspecified atom stereocenters. The maximum absolute atomic E-state index is 13.2. The van der Waals surface area contributed by atoms with Crippen molar-refractivity contribution in [1.29, 1.82) is 5.41 Å². The van der Waals surface area contributed by atoms with Gasteiger partial charge < -0.3 is 9.47 Å². The first-order valence-corrected chi connectivity index (χ1v) is 12.5. The van der Waals surface area contributed by atoms with Gasteiger partial charge in [-0.2, -0.15) is 4.99 Å². The van der Waals surface area contributed by atoms with Gasteiger partial charge in [-0.25, -0.2) is 4.39 Å². The average molecular weight is 564 g/mol. The third kappa shape index (κ3) is 4.72. The number of thioether (sulfide) groups is 1. The van der Waals surface area contributed by atoms with Crippen LogP contribution in [-0.2, 0) is 11.4 Å². The Morgan fingerprint density at radius 1 is 1.14 bits per heavy atom. The van der Waals surface area contributed by atoms with Crippen molar-refractivity contribution in [2.24, 2.45) is 4.99 Å². The third-order valence-corrected chi connectivity index (χ3v) is 6.96. The molecule has 3 aromatic carbocycles. The minimum atomic E-state index is -0.479. The van der Waals surface area contributed by atoms with Gasteiger partial charge in [-0.15, -0.1) is 0 Å². The van der Waals surface area contributed by atoms with Crippen LogP contribution < -0.4 is 9.47 Å². The summed E-state index contributed by atoms with van der Waals surface area (Å²) in [6, 6.07) is 19.2. The molecule has 180 valence electrons. The predicted molar refractivity (Wildman–Crippen MR) is 143 cm³/mol. The number of carbonyl (C=O) groups is 1. The van der Waals surface area contributed by atoms with Gasteiger partial charge in [0.05, 0.1) is 22.9 Å². The number of nitrogens with zero attached hydrogens (tertiary/aromatic N) is 2. The summed E-state index contributed by atoms with van der Waals surface area (Å²) in [5.41, 5.74) is 3.33. The van der Waals surface area contributed by atoms with Crippen LogP contribution in [0.1, 0.15) is 16.7 Å². The molecule has 3 aromatic rings. The second-order valence-corrected chi connectivity index (χ2v) is 9.57. The predicted octanol–water partition coefficient (Wildman–Crippen LogP) is 6.48. The fraction of sp³-hybridized carbons (Fsp3) is 0.0741. The molecule has 9 heteroatoms. The number of nitrogens with one attached hydrogen (secondary N) is 1. The summed E-state index contributed by atoms with van der Waals surface area (Å²) in [5, 5.41) is 11.2. The highest BCUT2D eigenvalue weighted by atomic mass is 79.9. The summed E-state index contributed by atoms with van der Waals surface area (Å²) in [5.74, 6) is 0.177. The van der Waals surface area contributed by atoms with Crippen molar-refractivity contribution in [3.63, 3.8) is 0 Å². The van der Waals surface area contributed by atoms with E-state index in [0.717, 1.165) is 16.8 Å². The molecule has 2 aliphatic heterocycles. The van der Waals surface area contributed by atoms with E-state index in [2.05, 4.69) is 20.9 Å². The highest BCUT2D eigenvalue weighted by molar-refractivity contribution is 9.10. The molecule has 0 radical (unpaired) electrons. The van der Waals surface area contributed by atoms with Gasteiger partial charge >= 0.3 is 0 Å². The second-order valence-electron chi connectivity index (χ2n) is 7.88. The molecule has 2 aliphatic rings. The van der Waals surface area contributed by atoms with E-state index in [4.69, 9.17) is 14.9 Å². The number of ether oxygens (including phenoxy) is 2. The molecule has 36 heavy (non-hydrogen) atoms. The molecule has 5 rings (SSSR count). The van der Waals surface area contributed by atoms with Gasteiger partial charge in [0, 0.05) is 5.41 Å². The summed E-state index contributed by atoms with van der Waals surface area (Å²) in [7, 11) is 1.52. The number of hydrogen-bond donors (Lipinski definition) is 1. The summed E-state index contributed by atoms with van der Waals surface area (Å²) in [6.07, 6.45) is 1.62. The molecule has 2 heterocycles. The van der Waals surface area contributed by atoms with Crippen LogP contribution in [0.2, 0.25) is 0 Å². The lowest BCUT2D eigenvalue weighted by molar-refractivity contribution is -0.114. The highest BCUT2D eigenvalue weighted by Crippen LogP contribution is 2.40. The molecule has 0 aromatic heterocycles. The van der Waals surface area contributed by atoms with Crippen molar-refractivity contribution >= 4 is 56.4 Å². The molecular formula is C27H19BrFN3O3S. The molecule has 0 spiro atoms. The number of amidine groups is 2. The molecule has 0 aliphatic carbocycles. The zero-order valence-corrected chi connectivity index (χ0v) is 21.4. The number of halogens is 2. The molecule has 0 fully saturated rings. The Morgan fingerprint density at radius 3 is 2.61 bits per heavy atom. The minimum Gasteiger partial charge on any atom is -0.493 e. The maximum Gasteiger partial charge on any atom is 0.283 e. The fourth-order valence-electron chi connectivity index (χ4n) is 3.78. The SMILES string of the molecule is COc1cc(/C=C2/C(=N)N3C(c4ccccc4)=CSC3=NC2=O)cc(Br)c1OCc1ccc(F)cc1. The van der Waals surface area contributed by atoms with E-state index < -0.39 is 5.91 Å². The lowest BCUT2D eigenvalue weighted by Gasteiger charge is -2.27. The largest absolute Gasteiger partial charge is 0.493 e. The van der Waals surface area contributed by atoms with Crippen LogP contribution in [0.4, 0.5) is 4.39 Å². The van der Waals surface area contributed by atoms with E-state index in [1.165, 1.54) is 31.0 Å². The first kappa shape index (κ1) is 24.0. The molecule has 0 saturated heterocycles. The quantitative estimate of drug-likeness (QED) is 0.347. The molecule has 1 N–H and O–H groups in total. The minimum absolute atomic E-state index is 0.0526. The van der Waals surface area contributed by atoms with Gasteiger partial charge in [-0.3, -0.25) is 15.1 Å². The van der Waals surface area contributed by atoms with Crippen LogP contribution in [0.3, 0.4) is 0 Å². The molecular weight excluding hydrogens is 545 g/mol. The van der Waals surface area contributed by atoms with Crippen LogP contribution in [0, 0.1) is 11.2 Å². The third-order valence-electron chi connectivity index (χ3n) is 5.54. The number of hydrogen-bond acceptors (Lipinski definition) is 5. The Hall–Kier alpha value is -3.69. The van der Waals surface area contributed by atoms with Crippen molar-refractivity contribution < 1.29 is 18.7 Å². The molecule has 1 amide bonds. The Morgan fingerprint density at radius 2 is 1.89 bits per heavy atom. The van der Waals surface area contributed by atoms with Gasteiger partial charge in [-0.1, -0.05) is 54.2 Å². The normalized spacial score (nSPS) is 16.1. The van der Waals surface area contributed by atoms with Crippen LogP contribution >= 0.6 is 27.7 Å². The lowest BCUT2D eigenvalue weighted by atomic mass is 10.1. The number of amides is 1. The van der Waals surface area contributed by atoms with E-state index in [9.17, 15) is 9.18 Å². The zero-order chi connectivity index (χ0) is 25.2. The number of aliphatic imine (C=N–C) groups is 1. The van der Waals surface area contributed by atoms with Crippen LogP contribution in [0.25, 0.3) is 11.8 Å². The maximum atomic E-state index is 13.2. The number of methoxy groups -OCH3 is 1. The highest BCUT2D eigenvalue weighted by Gasteiger charge is 2.36. The Labute approximate surface area is 219 Å². The van der Waals surface area contributed by atoms with Gasteiger partial charge in [0.25, 0.3) is 5.91 Å². The summed E-state index contributed by atoms with van der Waals surface area (Å²) < 4.78 is 25.2. The molecule has 0 saturated carbocycles. The molecule has 0 atom stereocenters. The number of carbonyl (C=O) groups excluding carboxylic acids is 1. The number of rotatable bonds is 6. The van der Waals surface area contributed by atoms with Gasteiger partial charge in [-0.05, 0) is 63.0 Å². The topological polar surface area (TPSA) is 75.0 Å². The van der Waals surface area contributed by atoms with E-state index in [-0.39, 0.29) is 23.8 Å². The second kappa shape index (κ2) is 10.1. The smallest absolute Gasteiger partial charge is 0.283 e. The first-order valence-electron chi connectivity index (χ1n) is 10.9. The summed E-state index contributed by atoms with van der Waals surface area (Å²) in [6.45, 7) is 0.220. The van der Waals surface area contributed by atoms with E-state index in [1.807, 2.05) is 35.7 Å². The van der Waals surface area contributed by atoms with Gasteiger partial charge in [0.15, 0.2) is 16.7 Å². The van der Waals surface area contributed by atoms with E-state index in [1.54, 1.807) is 35.2 Å². The Bertz CT molecular complexity index is 1450. The summed E-state index contributed by atoms with van der Waals surface area (Å²) >= 11 is 4.84. The van der Waals surface area contributed by atoms with Crippen LogP contribution in [0.5, 0.6) is 11.5 Å². The van der Waals surface area contributed by atoms with Crippen molar-refractivity contribution in [2.75, 3.05) is 7.11 Å². The lowest BCUT2D eigenvalue weighted by Crippen LogP contribution is -2.38. The average Bonchev–Trinajstić information content (AvgIpc) is 3.31. The van der Waals surface area contributed by atoms with Crippen molar-refractivity contribution in [3.8, 4) is 11.5 Å². The molecule has 0 bridgehead atoms. The Kier molecular flexibility index (Phi) is 6.75. The standard InChI is InChI=1S/C27H19BrFN3O3S/c1-34-23-13-17(12-21(28)24(23)35-14-16-7-9-19(29)10-8-16)11-20-25(30)32-22(18-5-3-2-4-6-18)15-36-27(32)31-26(20)33/h2-13,15,30H,14H2,1H3/b20-11-,30-25?. The summed E-state index contributed by atoms with van der Waals surface area (Å²) in [4.78, 5) is 18.7. The van der Waals surface area contributed by atoms with Crippen molar-refractivity contribution in [1.82, 2.24) is 4.90 Å². The van der Waals surface area contributed by atoms with E-state index in [0.29, 0.717) is 26.7 Å². The zero-order valence-electron chi connectivity index (χ0n) is 19.0. The van der Waals surface area contributed by atoms with Crippen molar-refractivity contribution in [3.05, 3.63) is 105 Å². The monoisotopic (exact) mass is 563 g/mol. The first-order chi connectivity index (χ1) is 17.4. The van der Waals surface area contributed by atoms with Crippen LogP contribution in [-0.4, -0.2) is 28.9 Å². The van der Waals surface area contributed by atoms with E-state index >= 15 is 0 Å². The van der Waals surface area contributed by atoms with Crippen LogP contribution in [0.15, 0.2) is 87.2 Å². The Balaban J connectivity index is 1.43. The number of fused-ring (bicyclic) bond motifs is 1. The van der Waals surface area contributed by atoms with Crippen molar-refractivity contribution in [2.45, 2.75) is 6.61 Å². The fourth-order valence-corrected chi connectivity index (χ4v) is 5.24. The molecule has 6 nitrogen and oxygen atoms in total.